The first-order valence-corrected chi connectivity index (χ1v) is 15.0. The van der Waals surface area contributed by atoms with Gasteiger partial charge in [0.15, 0.2) is 12.2 Å². The topological polar surface area (TPSA) is 176 Å². The highest BCUT2D eigenvalue weighted by atomic mass is 16.7. The van der Waals surface area contributed by atoms with E-state index in [9.17, 15) is 28.8 Å². The molecular weight excluding hydrogens is 632 g/mol. The van der Waals surface area contributed by atoms with E-state index in [0.29, 0.717) is 0 Å². The predicted molar refractivity (Wildman–Crippen MR) is 163 cm³/mol. The third kappa shape index (κ3) is 10.3. The van der Waals surface area contributed by atoms with Crippen molar-refractivity contribution in [2.75, 3.05) is 26.4 Å². The second kappa shape index (κ2) is 17.5. The van der Waals surface area contributed by atoms with Gasteiger partial charge in [-0.3, -0.25) is 9.59 Å². The normalized spacial score (nSPS) is 19.2. The van der Waals surface area contributed by atoms with Crippen LogP contribution in [0.15, 0.2) is 73.8 Å². The van der Waals surface area contributed by atoms with Gasteiger partial charge < -0.3 is 37.9 Å². The first-order chi connectivity index (χ1) is 23.2. The molecule has 0 bridgehead atoms. The second-order valence-electron chi connectivity index (χ2n) is 10.4. The minimum atomic E-state index is -0.748. The van der Waals surface area contributed by atoms with Crippen LogP contribution in [0, 0.1) is 0 Å². The van der Waals surface area contributed by atoms with E-state index in [4.69, 9.17) is 37.9 Å². The number of benzene rings is 2. The van der Waals surface area contributed by atoms with Crippen LogP contribution in [0.1, 0.15) is 46.4 Å². The molecule has 2 aromatic rings. The molecule has 14 heteroatoms. The number of fused-ring (bicyclic) bond motifs is 1. The fraction of sp³-hybridized carbons (Fsp3) is 0.353. The van der Waals surface area contributed by atoms with E-state index >= 15 is 0 Å². The molecule has 4 rings (SSSR count). The highest BCUT2D eigenvalue weighted by Gasteiger charge is 2.51. The molecule has 0 unspecified atom stereocenters. The molecule has 2 aromatic carbocycles. The lowest BCUT2D eigenvalue weighted by Crippen LogP contribution is -2.36. The van der Waals surface area contributed by atoms with Crippen molar-refractivity contribution in [3.8, 4) is 11.5 Å². The molecular formula is C34H34O14. The maximum Gasteiger partial charge on any atom is 0.338 e. The summed E-state index contributed by atoms with van der Waals surface area (Å²) in [4.78, 5) is 71.6. The van der Waals surface area contributed by atoms with Crippen LogP contribution < -0.4 is 9.47 Å². The van der Waals surface area contributed by atoms with Gasteiger partial charge in [-0.25, -0.2) is 19.2 Å². The summed E-state index contributed by atoms with van der Waals surface area (Å²) in [5.41, 5.74) is 0.414. The number of hydrogen-bond acceptors (Lipinski definition) is 14. The SMILES string of the molecule is C=CC(=O)OCCCC(=O)Oc1ccc(C(=O)O[C@H]2CO[C@H]3[C@@H]2OC[C@H]3OC(=O)c2ccc(OC(=O)CCCOC(=O)C=C)cc2)cc1. The maximum absolute atomic E-state index is 12.8. The number of carbonyl (C=O) groups is 6. The smallest absolute Gasteiger partial charge is 0.338 e. The van der Waals surface area contributed by atoms with E-state index in [2.05, 4.69) is 13.2 Å². The molecule has 48 heavy (non-hydrogen) atoms. The fourth-order valence-corrected chi connectivity index (χ4v) is 4.62. The molecule has 0 N–H and O–H groups in total. The molecule has 0 saturated carbocycles. The van der Waals surface area contributed by atoms with Crippen LogP contribution in [0.5, 0.6) is 11.5 Å². The van der Waals surface area contributed by atoms with Crippen LogP contribution in [0.4, 0.5) is 0 Å². The highest BCUT2D eigenvalue weighted by Crippen LogP contribution is 2.32. The lowest BCUT2D eigenvalue weighted by molar-refractivity contribution is -0.140. The summed E-state index contributed by atoms with van der Waals surface area (Å²) in [5.74, 6) is -3.04. The molecule has 254 valence electrons. The number of ether oxygens (including phenoxy) is 8. The lowest BCUT2D eigenvalue weighted by Gasteiger charge is -2.17. The number of rotatable bonds is 16. The number of hydrogen-bond donors (Lipinski definition) is 0. The van der Waals surface area contributed by atoms with E-state index in [0.717, 1.165) is 12.2 Å². The molecule has 2 saturated heterocycles. The van der Waals surface area contributed by atoms with Crippen molar-refractivity contribution >= 4 is 35.8 Å². The van der Waals surface area contributed by atoms with E-state index in [1.54, 1.807) is 0 Å². The average Bonchev–Trinajstić information content (AvgIpc) is 3.68. The maximum atomic E-state index is 12.8. The standard InChI is InChI=1S/C34H34O14/c1-3-27(35)41-17-5-7-29(37)45-23-13-9-21(10-14-23)33(39)47-25-19-43-32-26(20-44-31(25)32)48-34(40)22-11-15-24(16-12-22)46-30(38)8-6-18-42-28(36)4-2/h3-4,9-16,25-26,31-32H,1-2,5-8,17-20H2/t25-,26+,31-,32-/m1/s1. The predicted octanol–water partition coefficient (Wildman–Crippen LogP) is 3.06. The Bertz CT molecular complexity index is 1380. The summed E-state index contributed by atoms with van der Waals surface area (Å²) in [7, 11) is 0. The summed E-state index contributed by atoms with van der Waals surface area (Å²) in [5, 5.41) is 0. The van der Waals surface area contributed by atoms with Gasteiger partial charge in [0.25, 0.3) is 0 Å². The summed E-state index contributed by atoms with van der Waals surface area (Å²) in [6, 6.07) is 11.6. The van der Waals surface area contributed by atoms with E-state index in [-0.39, 0.29) is 74.7 Å². The van der Waals surface area contributed by atoms with Gasteiger partial charge >= 0.3 is 35.8 Å². The third-order valence-electron chi connectivity index (χ3n) is 7.00. The lowest BCUT2D eigenvalue weighted by atomic mass is 10.1. The summed E-state index contributed by atoms with van der Waals surface area (Å²) >= 11 is 0. The van der Waals surface area contributed by atoms with Crippen LogP contribution in [0.25, 0.3) is 0 Å². The fourth-order valence-electron chi connectivity index (χ4n) is 4.62. The van der Waals surface area contributed by atoms with Crippen molar-refractivity contribution in [3.63, 3.8) is 0 Å². The van der Waals surface area contributed by atoms with Crippen LogP contribution in [0.2, 0.25) is 0 Å². The van der Waals surface area contributed by atoms with Crippen molar-refractivity contribution in [1.29, 1.82) is 0 Å². The Labute approximate surface area is 275 Å². The Kier molecular flexibility index (Phi) is 13.0. The zero-order valence-corrected chi connectivity index (χ0v) is 25.9. The van der Waals surface area contributed by atoms with E-state index < -0.39 is 60.2 Å². The minimum absolute atomic E-state index is 0.0263. The van der Waals surface area contributed by atoms with Crippen molar-refractivity contribution < 1.29 is 66.7 Å². The van der Waals surface area contributed by atoms with Gasteiger partial charge in [0.05, 0.1) is 37.6 Å². The molecule has 0 amide bonds. The Morgan fingerprint density at radius 3 is 1.35 bits per heavy atom. The second-order valence-corrected chi connectivity index (χ2v) is 10.4. The Morgan fingerprint density at radius 1 is 0.625 bits per heavy atom. The first-order valence-electron chi connectivity index (χ1n) is 15.0. The van der Waals surface area contributed by atoms with E-state index in [1.807, 2.05) is 0 Å². The zero-order chi connectivity index (χ0) is 34.5. The zero-order valence-electron chi connectivity index (χ0n) is 25.9. The third-order valence-corrected chi connectivity index (χ3v) is 7.00. The van der Waals surface area contributed by atoms with Crippen molar-refractivity contribution in [2.24, 2.45) is 0 Å². The molecule has 0 radical (unpaired) electrons. The molecule has 0 aliphatic carbocycles. The molecule has 2 fully saturated rings. The Balaban J connectivity index is 1.18. The molecule has 2 heterocycles. The van der Waals surface area contributed by atoms with Crippen molar-refractivity contribution in [1.82, 2.24) is 0 Å². The van der Waals surface area contributed by atoms with Crippen molar-refractivity contribution in [2.45, 2.75) is 50.1 Å². The van der Waals surface area contributed by atoms with Gasteiger partial charge in [-0.1, -0.05) is 13.2 Å². The average molecular weight is 667 g/mol. The molecule has 14 nitrogen and oxygen atoms in total. The van der Waals surface area contributed by atoms with Crippen LogP contribution in [-0.2, 0) is 47.6 Å². The van der Waals surface area contributed by atoms with Gasteiger partial charge in [-0.15, -0.1) is 0 Å². The minimum Gasteiger partial charge on any atom is -0.463 e. The highest BCUT2D eigenvalue weighted by molar-refractivity contribution is 5.90. The molecule has 2 aliphatic heterocycles. The summed E-state index contributed by atoms with van der Waals surface area (Å²) in [6.45, 7) is 6.75. The monoisotopic (exact) mass is 666 g/mol. The largest absolute Gasteiger partial charge is 0.463 e. The van der Waals surface area contributed by atoms with Crippen LogP contribution >= 0.6 is 0 Å². The first kappa shape index (κ1) is 35.5. The van der Waals surface area contributed by atoms with E-state index in [1.165, 1.54) is 48.5 Å². The summed E-state index contributed by atoms with van der Waals surface area (Å²) in [6.07, 6.45) is -0.122. The van der Waals surface area contributed by atoms with Gasteiger partial charge in [0, 0.05) is 25.0 Å². The molecule has 4 atom stereocenters. The number of esters is 6. The van der Waals surface area contributed by atoms with Gasteiger partial charge in [-0.05, 0) is 61.4 Å². The molecule has 2 aliphatic rings. The van der Waals surface area contributed by atoms with Gasteiger partial charge in [-0.2, -0.15) is 0 Å². The van der Waals surface area contributed by atoms with Crippen LogP contribution in [-0.4, -0.2) is 86.7 Å². The van der Waals surface area contributed by atoms with Crippen molar-refractivity contribution in [3.05, 3.63) is 85.0 Å². The molecule has 0 aromatic heterocycles. The van der Waals surface area contributed by atoms with Gasteiger partial charge in [0.1, 0.15) is 23.7 Å². The number of carbonyl (C=O) groups excluding carboxylic acids is 6. The molecule has 0 spiro atoms. The Morgan fingerprint density at radius 2 is 1.00 bits per heavy atom. The van der Waals surface area contributed by atoms with Gasteiger partial charge in [0.2, 0.25) is 0 Å². The summed E-state index contributed by atoms with van der Waals surface area (Å²) < 4.78 is 42.8. The van der Waals surface area contributed by atoms with Crippen LogP contribution in [0.3, 0.4) is 0 Å². The Hall–Kier alpha value is -5.34. The quantitative estimate of drug-likeness (QED) is 0.0840.